The van der Waals surface area contributed by atoms with Crippen molar-refractivity contribution < 1.29 is 0 Å². The Balaban J connectivity index is 1.77. The molecule has 0 saturated heterocycles. The van der Waals surface area contributed by atoms with E-state index in [0.29, 0.717) is 6.17 Å². The highest BCUT2D eigenvalue weighted by Crippen LogP contribution is 2.16. The first-order valence-electron chi connectivity index (χ1n) is 11.0. The van der Waals surface area contributed by atoms with Crippen molar-refractivity contribution in [2.75, 3.05) is 19.6 Å². The van der Waals surface area contributed by atoms with E-state index in [0.717, 1.165) is 19.6 Å². The molecule has 0 spiro atoms. The average Bonchev–Trinajstić information content (AvgIpc) is 3.06. The van der Waals surface area contributed by atoms with E-state index in [2.05, 4.69) is 35.2 Å². The lowest BCUT2D eigenvalue weighted by Gasteiger charge is -2.21. The van der Waals surface area contributed by atoms with E-state index in [4.69, 9.17) is 5.73 Å². The molecule has 1 atom stereocenters. The van der Waals surface area contributed by atoms with Gasteiger partial charge in [-0.15, -0.1) is 0 Å². The highest BCUT2D eigenvalue weighted by atomic mass is 15.3. The Morgan fingerprint density at radius 2 is 1.52 bits per heavy atom. The topological polar surface area (TPSA) is 41.6 Å². The number of allylic oxidation sites excluding steroid dienone is 2. The predicted octanol–water partition coefficient (Wildman–Crippen LogP) is 5.70. The first-order chi connectivity index (χ1) is 12.4. The molecule has 1 unspecified atom stereocenters. The van der Waals surface area contributed by atoms with E-state index in [1.807, 2.05) is 0 Å². The van der Waals surface area contributed by atoms with E-state index in [9.17, 15) is 0 Å². The van der Waals surface area contributed by atoms with Crippen LogP contribution in [0.3, 0.4) is 0 Å². The maximum Gasteiger partial charge on any atom is 0.102 e. The lowest BCUT2D eigenvalue weighted by Crippen LogP contribution is -2.34. The maximum atomic E-state index is 5.66. The molecule has 3 nitrogen and oxygen atoms in total. The third-order valence-electron chi connectivity index (χ3n) is 5.17. The Hall–Kier alpha value is -0.670. The van der Waals surface area contributed by atoms with Crippen molar-refractivity contribution in [3.05, 3.63) is 12.2 Å². The van der Waals surface area contributed by atoms with Gasteiger partial charge in [0.1, 0.15) is 6.17 Å². The first-order valence-corrected chi connectivity index (χ1v) is 11.0. The zero-order valence-electron chi connectivity index (χ0n) is 16.8. The summed E-state index contributed by atoms with van der Waals surface area (Å²) >= 11 is 0. The molecule has 1 aliphatic rings. The van der Waals surface area contributed by atoms with Crippen molar-refractivity contribution in [1.29, 1.82) is 0 Å². The second kappa shape index (κ2) is 16.8. The van der Waals surface area contributed by atoms with Gasteiger partial charge >= 0.3 is 0 Å². The van der Waals surface area contributed by atoms with Gasteiger partial charge in [-0.1, -0.05) is 76.9 Å². The lowest BCUT2D eigenvalue weighted by molar-refractivity contribution is 0.241. The molecule has 0 saturated carbocycles. The van der Waals surface area contributed by atoms with E-state index < -0.39 is 0 Å². The summed E-state index contributed by atoms with van der Waals surface area (Å²) in [6.45, 7) is 4.94. The van der Waals surface area contributed by atoms with Crippen LogP contribution in [-0.4, -0.2) is 36.9 Å². The normalized spacial score (nSPS) is 17.9. The van der Waals surface area contributed by atoms with Crippen LogP contribution in [0.4, 0.5) is 0 Å². The molecule has 2 N–H and O–H groups in total. The highest BCUT2D eigenvalue weighted by Gasteiger charge is 2.19. The number of rotatable bonds is 17. The van der Waals surface area contributed by atoms with Gasteiger partial charge in [0, 0.05) is 25.8 Å². The van der Waals surface area contributed by atoms with Crippen LogP contribution in [0.5, 0.6) is 0 Å². The Bertz CT molecular complexity index is 338. The Morgan fingerprint density at radius 3 is 2.12 bits per heavy atom. The summed E-state index contributed by atoms with van der Waals surface area (Å²) in [5, 5.41) is 0. The molecule has 25 heavy (non-hydrogen) atoms. The smallest absolute Gasteiger partial charge is 0.102 e. The average molecular weight is 350 g/mol. The lowest BCUT2D eigenvalue weighted by atomic mass is 10.0. The molecule has 0 aromatic carbocycles. The highest BCUT2D eigenvalue weighted by molar-refractivity contribution is 5.62. The quantitative estimate of drug-likeness (QED) is 0.270. The summed E-state index contributed by atoms with van der Waals surface area (Å²) < 4.78 is 0. The van der Waals surface area contributed by atoms with Gasteiger partial charge in [0.15, 0.2) is 0 Å². The second-order valence-corrected chi connectivity index (χ2v) is 7.44. The van der Waals surface area contributed by atoms with Crippen LogP contribution >= 0.6 is 0 Å². The molecule has 3 heteroatoms. The molecule has 0 aromatic rings. The minimum atomic E-state index is 0.418. The van der Waals surface area contributed by atoms with Crippen molar-refractivity contribution in [3.63, 3.8) is 0 Å². The molecule has 1 aliphatic heterocycles. The maximum absolute atomic E-state index is 5.66. The van der Waals surface area contributed by atoms with Crippen molar-refractivity contribution in [2.24, 2.45) is 10.7 Å². The van der Waals surface area contributed by atoms with Crippen LogP contribution in [0.2, 0.25) is 0 Å². The van der Waals surface area contributed by atoms with E-state index in [1.165, 1.54) is 89.9 Å². The Labute approximate surface area is 157 Å². The fourth-order valence-corrected chi connectivity index (χ4v) is 3.62. The van der Waals surface area contributed by atoms with Crippen LogP contribution in [0, 0.1) is 0 Å². The second-order valence-electron chi connectivity index (χ2n) is 7.44. The summed E-state index contributed by atoms with van der Waals surface area (Å²) in [5.74, 6) is 0. The molecule has 0 amide bonds. The van der Waals surface area contributed by atoms with Gasteiger partial charge in [-0.2, -0.15) is 0 Å². The van der Waals surface area contributed by atoms with Gasteiger partial charge in [-0.25, -0.2) is 0 Å². The van der Waals surface area contributed by atoms with Crippen LogP contribution in [0.15, 0.2) is 17.1 Å². The zero-order valence-corrected chi connectivity index (χ0v) is 16.8. The molecule has 1 rings (SSSR count). The molecule has 0 radical (unpaired) electrons. The summed E-state index contributed by atoms with van der Waals surface area (Å²) in [7, 11) is 0. The number of hydrogen-bond donors (Lipinski definition) is 1. The minimum absolute atomic E-state index is 0.418. The molecular formula is C22H43N3. The van der Waals surface area contributed by atoms with Crippen LogP contribution in [0.1, 0.15) is 96.8 Å². The molecular weight excluding hydrogens is 306 g/mol. The number of hydrogen-bond acceptors (Lipinski definition) is 3. The molecule has 0 bridgehead atoms. The predicted molar refractivity (Wildman–Crippen MR) is 112 cm³/mol. The fraction of sp³-hybridized carbons (Fsp3) is 0.864. The largest absolute Gasteiger partial charge is 0.329 e. The first kappa shape index (κ1) is 22.4. The van der Waals surface area contributed by atoms with Gasteiger partial charge in [-0.05, 0) is 32.1 Å². The van der Waals surface area contributed by atoms with Crippen molar-refractivity contribution in [3.8, 4) is 0 Å². The Morgan fingerprint density at radius 1 is 0.920 bits per heavy atom. The number of nitrogens with two attached hydrogens (primary N) is 1. The van der Waals surface area contributed by atoms with Gasteiger partial charge in [-0.3, -0.25) is 9.89 Å². The molecule has 0 aliphatic carbocycles. The van der Waals surface area contributed by atoms with E-state index in [-0.39, 0.29) is 0 Å². The molecule has 146 valence electrons. The van der Waals surface area contributed by atoms with E-state index in [1.54, 1.807) is 0 Å². The number of aliphatic imine (C=N–C) groups is 1. The van der Waals surface area contributed by atoms with Gasteiger partial charge in [0.2, 0.25) is 0 Å². The molecule has 0 aromatic heterocycles. The van der Waals surface area contributed by atoms with Crippen LogP contribution in [-0.2, 0) is 0 Å². The monoisotopic (exact) mass is 349 g/mol. The van der Waals surface area contributed by atoms with Gasteiger partial charge in [0.25, 0.3) is 0 Å². The van der Waals surface area contributed by atoms with Gasteiger partial charge < -0.3 is 5.73 Å². The van der Waals surface area contributed by atoms with Crippen molar-refractivity contribution >= 4 is 6.21 Å². The summed E-state index contributed by atoms with van der Waals surface area (Å²) in [6.07, 6.45) is 26.3. The third kappa shape index (κ3) is 12.3. The summed E-state index contributed by atoms with van der Waals surface area (Å²) in [6, 6.07) is 0. The van der Waals surface area contributed by atoms with Crippen LogP contribution in [0.25, 0.3) is 0 Å². The summed E-state index contributed by atoms with van der Waals surface area (Å²) in [5.41, 5.74) is 5.66. The van der Waals surface area contributed by atoms with Gasteiger partial charge in [0.05, 0.1) is 0 Å². The third-order valence-corrected chi connectivity index (χ3v) is 5.17. The Kier molecular flexibility index (Phi) is 15.0. The summed E-state index contributed by atoms with van der Waals surface area (Å²) in [4.78, 5) is 6.98. The minimum Gasteiger partial charge on any atom is -0.329 e. The zero-order chi connectivity index (χ0) is 18.0. The van der Waals surface area contributed by atoms with E-state index >= 15 is 0 Å². The standard InChI is InChI=1S/C22H43N3/c1-2-3-4-5-6-7-8-9-10-11-12-13-14-15-16-17-22-24-19-21-25(22)20-18-23/h3-4,19,22H,2,5-18,20-21,23H2,1H3/b4-3+. The number of nitrogens with zero attached hydrogens (tertiary/aromatic N) is 2. The SMILES string of the molecule is CC/C=C/CCCCCCCCCCCCCC1N=CCN1CCN. The molecule has 1 heterocycles. The van der Waals surface area contributed by atoms with Crippen molar-refractivity contribution in [2.45, 2.75) is 103 Å². The van der Waals surface area contributed by atoms with Crippen LogP contribution < -0.4 is 5.73 Å². The molecule has 0 fully saturated rings. The fourth-order valence-electron chi connectivity index (χ4n) is 3.62. The van der Waals surface area contributed by atoms with Crippen molar-refractivity contribution in [1.82, 2.24) is 4.90 Å². The number of unbranched alkanes of at least 4 members (excludes halogenated alkanes) is 11.